The Morgan fingerprint density at radius 1 is 0.826 bits per heavy atom. The number of amides is 3. The number of rotatable bonds is 15. The van der Waals surface area contributed by atoms with Gasteiger partial charge in [0, 0.05) is 58.1 Å². The van der Waals surface area contributed by atoms with Crippen molar-refractivity contribution in [2.24, 2.45) is 5.92 Å². The quantitative estimate of drug-likeness (QED) is 0.0497. The second-order valence-electron chi connectivity index (χ2n) is 18.5. The van der Waals surface area contributed by atoms with Gasteiger partial charge in [0.2, 0.25) is 0 Å². The van der Waals surface area contributed by atoms with Gasteiger partial charge in [0.05, 0.1) is 51.7 Å². The highest BCUT2D eigenvalue weighted by molar-refractivity contribution is 6.91. The zero-order valence-electron chi connectivity index (χ0n) is 39.0. The Kier molecular flexibility index (Phi) is 12.9. The van der Waals surface area contributed by atoms with E-state index in [1.165, 1.54) is 5.19 Å². The highest BCUT2D eigenvalue weighted by Crippen LogP contribution is 2.60. The van der Waals surface area contributed by atoms with E-state index in [1.54, 1.807) is 71.3 Å². The predicted molar refractivity (Wildman–Crippen MR) is 271 cm³/mol. The van der Waals surface area contributed by atoms with E-state index in [1.807, 2.05) is 85.1 Å². The number of nitrogens with zero attached hydrogens (tertiary/aromatic N) is 4. The SMILES string of the molecule is COc1ccc([Si](C)(C)[C@@H]2[C@@H](CCn3cc(C(CO)c4ccccc4)nn3)O[C@]3(C(=O)N(Cc4cccc(NC(=O)c5ccc(N)cc5)c4)c4ccc(NC(=O)c5ccc(N)cc5)cc43)[C@H]2C)cc1. The van der Waals surface area contributed by atoms with Crippen molar-refractivity contribution in [1.29, 1.82) is 0 Å². The van der Waals surface area contributed by atoms with Crippen molar-refractivity contribution >= 4 is 59.4 Å². The van der Waals surface area contributed by atoms with Gasteiger partial charge in [-0.2, -0.15) is 0 Å². The van der Waals surface area contributed by atoms with Crippen molar-refractivity contribution in [3.05, 3.63) is 185 Å². The van der Waals surface area contributed by atoms with E-state index in [0.29, 0.717) is 63.8 Å². The van der Waals surface area contributed by atoms with Crippen LogP contribution in [-0.4, -0.2) is 65.7 Å². The topological polar surface area (TPSA) is 200 Å². The standard InChI is InChI=1S/C54H56N8O6Si/c1-34-50(69(3,4)44-24-22-43(67-2)23-25-44)49(27-28-61-32-47(59-60-61)45(33-63)36-10-6-5-7-11-36)68-54(34)46-30-42(58-52(65)38-15-19-40(56)20-16-38)21-26-48(46)62(53(54)66)31-35-9-8-12-41(29-35)57-51(64)37-13-17-39(55)18-14-37/h5-26,29-30,32,34,45,49-50,63H,27-28,31,33,55-56H2,1-4H3,(H,57,64)(H,58,65)/t34-,45?,49+,50-,54+/m0/s1. The van der Waals surface area contributed by atoms with Gasteiger partial charge in [0.25, 0.3) is 17.7 Å². The first-order valence-electron chi connectivity index (χ1n) is 23.1. The van der Waals surface area contributed by atoms with Crippen LogP contribution in [-0.2, 0) is 28.2 Å². The molecule has 0 bridgehead atoms. The van der Waals surface area contributed by atoms with Crippen LogP contribution in [0, 0.1) is 5.92 Å². The van der Waals surface area contributed by atoms with E-state index in [-0.39, 0.29) is 48.3 Å². The number of anilines is 5. The fourth-order valence-corrected chi connectivity index (χ4v) is 14.4. The van der Waals surface area contributed by atoms with Crippen LogP contribution in [0.3, 0.4) is 0 Å². The summed E-state index contributed by atoms with van der Waals surface area (Å²) >= 11 is 0. The molecule has 2 aliphatic heterocycles. The summed E-state index contributed by atoms with van der Waals surface area (Å²) in [6.45, 7) is 7.28. The maximum atomic E-state index is 15.8. The number of hydrogen-bond acceptors (Lipinski definition) is 10. The molecule has 1 fully saturated rings. The van der Waals surface area contributed by atoms with Crippen LogP contribution in [0.25, 0.3) is 0 Å². The minimum atomic E-state index is -2.55. The second kappa shape index (κ2) is 19.2. The summed E-state index contributed by atoms with van der Waals surface area (Å²) in [4.78, 5) is 44.5. The molecule has 1 aromatic heterocycles. The van der Waals surface area contributed by atoms with Gasteiger partial charge >= 0.3 is 0 Å². The van der Waals surface area contributed by atoms with Crippen molar-refractivity contribution in [3.8, 4) is 5.75 Å². The number of nitrogens with two attached hydrogens (primary N) is 2. The highest BCUT2D eigenvalue weighted by Gasteiger charge is 2.66. The van der Waals surface area contributed by atoms with E-state index < -0.39 is 19.8 Å². The summed E-state index contributed by atoms with van der Waals surface area (Å²) in [6.07, 6.45) is 1.96. The second-order valence-corrected chi connectivity index (χ2v) is 23.2. The number of ether oxygens (including phenoxy) is 2. The molecule has 1 spiro atoms. The lowest BCUT2D eigenvalue weighted by Crippen LogP contribution is -2.51. The lowest BCUT2D eigenvalue weighted by Gasteiger charge is -2.37. The van der Waals surface area contributed by atoms with Crippen LogP contribution >= 0.6 is 0 Å². The van der Waals surface area contributed by atoms with Crippen molar-refractivity contribution in [1.82, 2.24) is 15.0 Å². The zero-order chi connectivity index (χ0) is 48.5. The summed E-state index contributed by atoms with van der Waals surface area (Å²) in [7, 11) is -0.899. The molecule has 0 aliphatic carbocycles. The van der Waals surface area contributed by atoms with Gasteiger partial charge in [0.15, 0.2) is 5.60 Å². The Morgan fingerprint density at radius 3 is 2.09 bits per heavy atom. The molecule has 3 amide bonds. The minimum absolute atomic E-state index is 0.0972. The van der Waals surface area contributed by atoms with Gasteiger partial charge in [-0.15, -0.1) is 5.10 Å². The molecule has 69 heavy (non-hydrogen) atoms. The number of methoxy groups -OCH3 is 1. The van der Waals surface area contributed by atoms with Crippen molar-refractivity contribution in [2.75, 3.05) is 40.7 Å². The van der Waals surface area contributed by atoms with Crippen LogP contribution in [0.4, 0.5) is 28.4 Å². The van der Waals surface area contributed by atoms with Crippen LogP contribution < -0.4 is 36.9 Å². The molecule has 3 heterocycles. The first-order valence-corrected chi connectivity index (χ1v) is 26.1. The van der Waals surface area contributed by atoms with Gasteiger partial charge in [-0.3, -0.25) is 19.1 Å². The molecule has 7 aromatic rings. The molecule has 7 N–H and O–H groups in total. The smallest absolute Gasteiger partial charge is 0.264 e. The average Bonchev–Trinajstić information content (AvgIpc) is 4.01. The number of carbonyl (C=O) groups excluding carboxylic acids is 3. The lowest BCUT2D eigenvalue weighted by molar-refractivity contribution is -0.146. The van der Waals surface area contributed by atoms with Crippen molar-refractivity contribution in [2.45, 2.75) is 62.7 Å². The molecular formula is C54H56N8O6Si. The van der Waals surface area contributed by atoms with Crippen LogP contribution in [0.5, 0.6) is 5.75 Å². The summed E-state index contributed by atoms with van der Waals surface area (Å²) < 4.78 is 14.8. The molecule has 9 rings (SSSR count). The van der Waals surface area contributed by atoms with Gasteiger partial charge in [-0.25, -0.2) is 0 Å². The molecule has 14 nitrogen and oxygen atoms in total. The third-order valence-electron chi connectivity index (χ3n) is 13.9. The molecule has 5 atom stereocenters. The molecule has 0 radical (unpaired) electrons. The lowest BCUT2D eigenvalue weighted by atomic mass is 9.82. The number of carbonyl (C=O) groups is 3. The Labute approximate surface area is 402 Å². The van der Waals surface area contributed by atoms with Gasteiger partial charge in [0.1, 0.15) is 5.75 Å². The van der Waals surface area contributed by atoms with E-state index >= 15 is 4.79 Å². The van der Waals surface area contributed by atoms with Gasteiger partial charge in [-0.05, 0) is 114 Å². The fraction of sp³-hybridized carbons (Fsp3) is 0.241. The van der Waals surface area contributed by atoms with Crippen LogP contribution in [0.1, 0.15) is 62.4 Å². The molecule has 0 saturated carbocycles. The Bertz CT molecular complexity index is 2980. The number of nitrogen functional groups attached to an aromatic ring is 2. The maximum absolute atomic E-state index is 15.8. The Balaban J connectivity index is 1.09. The fourth-order valence-electron chi connectivity index (χ4n) is 10.3. The monoisotopic (exact) mass is 940 g/mol. The molecule has 352 valence electrons. The van der Waals surface area contributed by atoms with Gasteiger partial charge < -0.3 is 41.6 Å². The van der Waals surface area contributed by atoms with E-state index in [2.05, 4.69) is 53.1 Å². The molecule has 6 aromatic carbocycles. The largest absolute Gasteiger partial charge is 0.497 e. The number of aromatic nitrogens is 3. The minimum Gasteiger partial charge on any atom is -0.497 e. The molecule has 15 heteroatoms. The molecule has 2 aliphatic rings. The molecule has 1 unspecified atom stereocenters. The number of fused-ring (bicyclic) bond motifs is 2. The van der Waals surface area contributed by atoms with Crippen LogP contribution in [0.2, 0.25) is 18.6 Å². The summed E-state index contributed by atoms with van der Waals surface area (Å²) in [5.74, 6) is -0.762. The summed E-state index contributed by atoms with van der Waals surface area (Å²) in [6, 6.07) is 44.4. The van der Waals surface area contributed by atoms with Crippen LogP contribution in [0.15, 0.2) is 152 Å². The predicted octanol–water partition coefficient (Wildman–Crippen LogP) is 7.93. The first kappa shape index (κ1) is 46.5. The zero-order valence-corrected chi connectivity index (χ0v) is 40.0. The van der Waals surface area contributed by atoms with Crippen molar-refractivity contribution < 1.29 is 29.0 Å². The number of aliphatic hydroxyl groups excluding tert-OH is 1. The molecular weight excluding hydrogens is 885 g/mol. The average molecular weight is 941 g/mol. The third-order valence-corrected chi connectivity index (χ3v) is 18.3. The maximum Gasteiger partial charge on any atom is 0.264 e. The Morgan fingerprint density at radius 2 is 1.46 bits per heavy atom. The van der Waals surface area contributed by atoms with E-state index in [4.69, 9.17) is 20.9 Å². The Hall–Kier alpha value is -7.59. The third kappa shape index (κ3) is 9.11. The van der Waals surface area contributed by atoms with E-state index in [0.717, 1.165) is 16.9 Å². The number of aliphatic hydroxyl groups is 1. The highest BCUT2D eigenvalue weighted by atomic mass is 28.3. The summed E-state index contributed by atoms with van der Waals surface area (Å²) in [5, 5.41) is 26.7. The number of aryl methyl sites for hydroxylation is 1. The van der Waals surface area contributed by atoms with E-state index in [9.17, 15) is 14.7 Å². The normalized spacial score (nSPS) is 19.1. The number of benzene rings is 6. The number of nitrogens with one attached hydrogen (secondary N) is 2. The number of hydrogen-bond donors (Lipinski definition) is 5. The summed E-state index contributed by atoms with van der Waals surface area (Å²) in [5.41, 5.74) is 17.0. The van der Waals surface area contributed by atoms with Gasteiger partial charge in [-0.1, -0.05) is 85.0 Å². The van der Waals surface area contributed by atoms with Crippen molar-refractivity contribution in [3.63, 3.8) is 0 Å². The molecule has 1 saturated heterocycles. The first-order chi connectivity index (χ1) is 33.3.